The quantitative estimate of drug-likeness (QED) is 0.649. The molecule has 1 aliphatic heterocycles. The van der Waals surface area contributed by atoms with Crippen molar-refractivity contribution in [1.29, 1.82) is 0 Å². The number of aryl methyl sites for hydroxylation is 2. The van der Waals surface area contributed by atoms with Crippen LogP contribution in [-0.4, -0.2) is 44.8 Å². The van der Waals surface area contributed by atoms with Gasteiger partial charge in [-0.25, -0.2) is 4.98 Å². The fourth-order valence-corrected chi connectivity index (χ4v) is 3.66. The number of rotatable bonds is 4. The molecule has 0 saturated carbocycles. The summed E-state index contributed by atoms with van der Waals surface area (Å²) >= 11 is 5.56. The Morgan fingerprint density at radius 3 is 2.79 bits per heavy atom. The Hall–Kier alpha value is -1.80. The number of fused-ring (bicyclic) bond motifs is 1. The van der Waals surface area contributed by atoms with Gasteiger partial charge in [-0.2, -0.15) is 4.68 Å². The number of ether oxygens (including phenoxy) is 1. The molecule has 0 unspecified atom stereocenters. The normalized spacial score (nSPS) is 21.1. The number of hydrogen-bond acceptors (Lipinski definition) is 5. The summed E-state index contributed by atoms with van der Waals surface area (Å²) in [5.74, 6) is 0.629. The number of nitrogens with zero attached hydrogens (tertiary/aromatic N) is 4. The van der Waals surface area contributed by atoms with E-state index in [1.807, 2.05) is 35.9 Å². The molecule has 130 valence electrons. The second-order valence-electron chi connectivity index (χ2n) is 6.39. The SMILES string of the molecule is CCOC(=O)C1CC[NH+](Cn2nc3nc(C)cc(C)n3c2=S)CC1. The molecule has 24 heavy (non-hydrogen) atoms. The molecule has 3 heterocycles. The number of piperidine rings is 1. The average Bonchev–Trinajstić information content (AvgIpc) is 2.84. The van der Waals surface area contributed by atoms with Crippen molar-refractivity contribution in [3.63, 3.8) is 0 Å². The Balaban J connectivity index is 1.71. The Labute approximate surface area is 146 Å². The molecule has 0 aromatic carbocycles. The predicted octanol–water partition coefficient (Wildman–Crippen LogP) is 0.693. The van der Waals surface area contributed by atoms with Gasteiger partial charge >= 0.3 is 5.97 Å². The monoisotopic (exact) mass is 350 g/mol. The standard InChI is InChI=1S/C16H23N5O2S/c1-4-23-14(22)13-5-7-19(8-6-13)10-20-16(24)21-12(3)9-11(2)17-15(21)18-20/h9,13H,4-8,10H2,1-3H3/p+1. The third-order valence-corrected chi connectivity index (χ3v) is 4.95. The summed E-state index contributed by atoms with van der Waals surface area (Å²) in [7, 11) is 0. The molecule has 1 fully saturated rings. The first-order valence-corrected chi connectivity index (χ1v) is 8.84. The van der Waals surface area contributed by atoms with Gasteiger partial charge in [0.25, 0.3) is 5.78 Å². The maximum atomic E-state index is 11.8. The van der Waals surface area contributed by atoms with Crippen LogP contribution in [0.5, 0.6) is 0 Å². The second-order valence-corrected chi connectivity index (χ2v) is 6.76. The van der Waals surface area contributed by atoms with Crippen molar-refractivity contribution in [3.8, 4) is 0 Å². The van der Waals surface area contributed by atoms with Gasteiger partial charge in [0.05, 0.1) is 25.6 Å². The van der Waals surface area contributed by atoms with E-state index < -0.39 is 0 Å². The van der Waals surface area contributed by atoms with Crippen LogP contribution in [0.25, 0.3) is 5.78 Å². The van der Waals surface area contributed by atoms with Gasteiger partial charge in [-0.3, -0.25) is 9.20 Å². The molecule has 1 aliphatic rings. The topological polar surface area (TPSA) is 65.9 Å². The van der Waals surface area contributed by atoms with E-state index in [0.29, 0.717) is 23.8 Å². The number of carbonyl (C=O) groups excluding carboxylic acids is 1. The van der Waals surface area contributed by atoms with Gasteiger partial charge in [-0.05, 0) is 39.1 Å². The van der Waals surface area contributed by atoms with Crippen LogP contribution in [0.3, 0.4) is 0 Å². The van der Waals surface area contributed by atoms with Gasteiger partial charge in [0, 0.05) is 24.2 Å². The van der Waals surface area contributed by atoms with E-state index >= 15 is 0 Å². The molecule has 8 heteroatoms. The van der Waals surface area contributed by atoms with Crippen molar-refractivity contribution in [1.82, 2.24) is 19.2 Å². The highest BCUT2D eigenvalue weighted by atomic mass is 32.1. The van der Waals surface area contributed by atoms with Crippen LogP contribution in [0.15, 0.2) is 6.07 Å². The predicted molar refractivity (Wildman–Crippen MR) is 91.3 cm³/mol. The average molecular weight is 350 g/mol. The van der Waals surface area contributed by atoms with E-state index in [0.717, 1.165) is 37.3 Å². The molecule has 7 nitrogen and oxygen atoms in total. The van der Waals surface area contributed by atoms with Gasteiger partial charge in [0.2, 0.25) is 4.77 Å². The molecule has 3 rings (SSSR count). The largest absolute Gasteiger partial charge is 0.466 e. The van der Waals surface area contributed by atoms with Gasteiger partial charge in [0.15, 0.2) is 6.67 Å². The third-order valence-electron chi connectivity index (χ3n) is 4.56. The van der Waals surface area contributed by atoms with Gasteiger partial charge in [0.1, 0.15) is 0 Å². The zero-order valence-corrected chi connectivity index (χ0v) is 15.2. The van der Waals surface area contributed by atoms with E-state index in [1.165, 1.54) is 4.90 Å². The summed E-state index contributed by atoms with van der Waals surface area (Å²) in [5.41, 5.74) is 1.99. The fourth-order valence-electron chi connectivity index (χ4n) is 3.33. The molecule has 0 aliphatic carbocycles. The van der Waals surface area contributed by atoms with Crippen LogP contribution in [0, 0.1) is 24.5 Å². The molecular formula is C16H24N5O2S+. The van der Waals surface area contributed by atoms with Crippen LogP contribution in [-0.2, 0) is 16.2 Å². The number of esters is 1. The Morgan fingerprint density at radius 1 is 1.42 bits per heavy atom. The van der Waals surface area contributed by atoms with E-state index in [4.69, 9.17) is 17.0 Å². The van der Waals surface area contributed by atoms with Crippen LogP contribution in [0.4, 0.5) is 0 Å². The summed E-state index contributed by atoms with van der Waals surface area (Å²) in [6.45, 7) is 8.82. The highest BCUT2D eigenvalue weighted by Crippen LogP contribution is 2.12. The van der Waals surface area contributed by atoms with Crippen LogP contribution < -0.4 is 4.90 Å². The first-order chi connectivity index (χ1) is 11.5. The minimum Gasteiger partial charge on any atom is -0.466 e. The summed E-state index contributed by atoms with van der Waals surface area (Å²) < 4.78 is 9.56. The lowest BCUT2D eigenvalue weighted by atomic mass is 9.97. The van der Waals surface area contributed by atoms with E-state index in [-0.39, 0.29) is 11.9 Å². The Bertz CT molecular complexity index is 805. The molecule has 0 amide bonds. The lowest BCUT2D eigenvalue weighted by Crippen LogP contribution is -3.12. The Kier molecular flexibility index (Phi) is 4.96. The third kappa shape index (κ3) is 3.34. The molecule has 2 aromatic rings. The minimum absolute atomic E-state index is 0.0364. The highest BCUT2D eigenvalue weighted by Gasteiger charge is 2.28. The van der Waals surface area contributed by atoms with Gasteiger partial charge < -0.3 is 9.64 Å². The number of hydrogen-bond donors (Lipinski definition) is 1. The molecule has 0 spiro atoms. The summed E-state index contributed by atoms with van der Waals surface area (Å²) in [5, 5.41) is 4.56. The molecular weight excluding hydrogens is 326 g/mol. The molecule has 2 aromatic heterocycles. The van der Waals surface area contributed by atoms with Crippen molar-refractivity contribution >= 4 is 24.0 Å². The van der Waals surface area contributed by atoms with E-state index in [9.17, 15) is 4.79 Å². The number of aromatic nitrogens is 4. The molecule has 1 N–H and O–H groups in total. The van der Waals surface area contributed by atoms with Crippen LogP contribution in [0.1, 0.15) is 31.2 Å². The molecule has 1 saturated heterocycles. The number of carbonyl (C=O) groups is 1. The maximum Gasteiger partial charge on any atom is 0.309 e. The van der Waals surface area contributed by atoms with E-state index in [2.05, 4.69) is 10.1 Å². The van der Waals surface area contributed by atoms with Crippen molar-refractivity contribution in [2.24, 2.45) is 5.92 Å². The van der Waals surface area contributed by atoms with Gasteiger partial charge in [-0.15, -0.1) is 5.10 Å². The number of quaternary nitrogens is 1. The summed E-state index contributed by atoms with van der Waals surface area (Å²) in [6, 6.07) is 2.01. The van der Waals surface area contributed by atoms with Crippen molar-refractivity contribution in [2.45, 2.75) is 40.3 Å². The fraction of sp³-hybridized carbons (Fsp3) is 0.625. The van der Waals surface area contributed by atoms with Gasteiger partial charge in [-0.1, -0.05) is 0 Å². The zero-order chi connectivity index (χ0) is 17.3. The number of nitrogens with one attached hydrogen (secondary N) is 1. The lowest BCUT2D eigenvalue weighted by Gasteiger charge is -2.27. The van der Waals surface area contributed by atoms with E-state index in [1.54, 1.807) is 0 Å². The molecule has 0 radical (unpaired) electrons. The molecule has 0 atom stereocenters. The highest BCUT2D eigenvalue weighted by molar-refractivity contribution is 7.71. The smallest absolute Gasteiger partial charge is 0.309 e. The van der Waals surface area contributed by atoms with Crippen molar-refractivity contribution in [2.75, 3.05) is 19.7 Å². The summed E-state index contributed by atoms with van der Waals surface area (Å²) in [4.78, 5) is 17.7. The minimum atomic E-state index is -0.0591. The van der Waals surface area contributed by atoms with Crippen molar-refractivity contribution in [3.05, 3.63) is 22.2 Å². The second kappa shape index (κ2) is 6.98. The van der Waals surface area contributed by atoms with Crippen molar-refractivity contribution < 1.29 is 14.4 Å². The van der Waals surface area contributed by atoms with Crippen LogP contribution in [0.2, 0.25) is 0 Å². The number of likely N-dealkylation sites (tertiary alicyclic amines) is 1. The molecule has 0 bridgehead atoms. The maximum absolute atomic E-state index is 11.8. The lowest BCUT2D eigenvalue weighted by molar-refractivity contribution is -0.929. The summed E-state index contributed by atoms with van der Waals surface area (Å²) in [6.07, 6.45) is 1.70. The zero-order valence-electron chi connectivity index (χ0n) is 14.4. The first kappa shape index (κ1) is 17.0. The first-order valence-electron chi connectivity index (χ1n) is 8.43. The Morgan fingerprint density at radius 2 is 2.12 bits per heavy atom. The van der Waals surface area contributed by atoms with Crippen LogP contribution >= 0.6 is 12.2 Å².